The lowest BCUT2D eigenvalue weighted by Crippen LogP contribution is -1.87. The highest BCUT2D eigenvalue weighted by atomic mass is 35.5. The van der Waals surface area contributed by atoms with Crippen LogP contribution in [0.25, 0.3) is 0 Å². The molecule has 8 heavy (non-hydrogen) atoms. The van der Waals surface area contributed by atoms with Gasteiger partial charge in [-0.3, -0.25) is 0 Å². The summed E-state index contributed by atoms with van der Waals surface area (Å²) in [6.07, 6.45) is 0.983. The van der Waals surface area contributed by atoms with E-state index >= 15 is 0 Å². The number of thioether (sulfide) groups is 1. The van der Waals surface area contributed by atoms with Gasteiger partial charge < -0.3 is 0 Å². The second-order valence-corrected chi connectivity index (χ2v) is 3.58. The van der Waals surface area contributed by atoms with Crippen LogP contribution < -0.4 is 0 Å². The first-order valence-corrected chi connectivity index (χ1v) is 4.45. The minimum atomic E-state index is 0.699. The summed E-state index contributed by atoms with van der Waals surface area (Å²) < 4.78 is 1.06. The summed E-state index contributed by atoms with van der Waals surface area (Å²) in [4.78, 5) is 0. The summed E-state index contributed by atoms with van der Waals surface area (Å²) in [5, 5.41) is 0. The molecular formula is C5H9ClS2. The third-order valence-electron chi connectivity index (χ3n) is 0.629. The topological polar surface area (TPSA) is 0 Å². The fraction of sp³-hybridized carbons (Fsp3) is 0.800. The van der Waals surface area contributed by atoms with Gasteiger partial charge in [0, 0.05) is 15.8 Å². The van der Waals surface area contributed by atoms with Crippen molar-refractivity contribution in [1.29, 1.82) is 0 Å². The molecule has 0 aliphatic rings. The Bertz CT molecular complexity index is 72.8. The van der Waals surface area contributed by atoms with Gasteiger partial charge in [0.05, 0.1) is 0 Å². The molecule has 0 aromatic heterocycles. The molecule has 0 nitrogen and oxygen atoms in total. The van der Waals surface area contributed by atoms with E-state index in [0.29, 0.717) is 5.88 Å². The SMILES string of the molecule is CCC(=S)SCCCl. The molecule has 0 aliphatic heterocycles. The molecule has 0 amide bonds. The first kappa shape index (κ1) is 8.73. The number of hydrogen-bond donors (Lipinski definition) is 0. The van der Waals surface area contributed by atoms with Crippen molar-refractivity contribution in [3.05, 3.63) is 0 Å². The molecule has 0 saturated carbocycles. The van der Waals surface area contributed by atoms with Gasteiger partial charge >= 0.3 is 0 Å². The van der Waals surface area contributed by atoms with Gasteiger partial charge in [0.15, 0.2) is 0 Å². The maximum absolute atomic E-state index is 5.42. The number of thiocarbonyl (C=S) groups is 1. The highest BCUT2D eigenvalue weighted by Gasteiger charge is 1.90. The molecule has 0 rings (SSSR count). The summed E-state index contributed by atoms with van der Waals surface area (Å²) >= 11 is 12.0. The first-order chi connectivity index (χ1) is 3.81. The zero-order valence-corrected chi connectivity index (χ0v) is 7.20. The lowest BCUT2D eigenvalue weighted by Gasteiger charge is -1.93. The fourth-order valence-electron chi connectivity index (χ4n) is 0.254. The Hall–Kier alpha value is 0.730. The van der Waals surface area contributed by atoms with Crippen molar-refractivity contribution in [3.8, 4) is 0 Å². The zero-order valence-electron chi connectivity index (χ0n) is 4.82. The van der Waals surface area contributed by atoms with Crippen LogP contribution >= 0.6 is 35.6 Å². The average Bonchev–Trinajstić information content (AvgIpc) is 1.83. The van der Waals surface area contributed by atoms with E-state index in [1.165, 1.54) is 0 Å². The van der Waals surface area contributed by atoms with E-state index in [1.807, 2.05) is 0 Å². The highest BCUT2D eigenvalue weighted by molar-refractivity contribution is 8.23. The first-order valence-electron chi connectivity index (χ1n) is 2.52. The summed E-state index contributed by atoms with van der Waals surface area (Å²) in [6.45, 7) is 2.06. The van der Waals surface area contributed by atoms with Crippen molar-refractivity contribution in [2.45, 2.75) is 13.3 Å². The number of rotatable bonds is 3. The lowest BCUT2D eigenvalue weighted by atomic mass is 10.6. The maximum Gasteiger partial charge on any atom is 0.0476 e. The van der Waals surface area contributed by atoms with E-state index in [9.17, 15) is 0 Å². The summed E-state index contributed by atoms with van der Waals surface area (Å²) in [6, 6.07) is 0. The van der Waals surface area contributed by atoms with Crippen LogP contribution in [0, 0.1) is 0 Å². The minimum absolute atomic E-state index is 0.699. The molecule has 0 atom stereocenters. The molecule has 0 unspecified atom stereocenters. The molecule has 0 spiro atoms. The maximum atomic E-state index is 5.42. The Labute approximate surface area is 65.0 Å². The van der Waals surface area contributed by atoms with Crippen LogP contribution in [0.3, 0.4) is 0 Å². The zero-order chi connectivity index (χ0) is 6.41. The third-order valence-corrected chi connectivity index (χ3v) is 2.70. The van der Waals surface area contributed by atoms with Crippen LogP contribution in [0.1, 0.15) is 13.3 Å². The summed E-state index contributed by atoms with van der Waals surface area (Å²) in [5.74, 6) is 1.65. The molecule has 0 aromatic carbocycles. The molecule has 0 aromatic rings. The van der Waals surface area contributed by atoms with Crippen molar-refractivity contribution in [3.63, 3.8) is 0 Å². The van der Waals surface area contributed by atoms with Crippen LogP contribution in [-0.2, 0) is 0 Å². The average molecular weight is 169 g/mol. The Morgan fingerprint density at radius 1 is 1.75 bits per heavy atom. The molecule has 0 fully saturated rings. The fourth-order valence-corrected chi connectivity index (χ4v) is 1.24. The second-order valence-electron chi connectivity index (χ2n) is 1.26. The van der Waals surface area contributed by atoms with Crippen molar-refractivity contribution < 1.29 is 0 Å². The van der Waals surface area contributed by atoms with Crippen molar-refractivity contribution in [2.75, 3.05) is 11.6 Å². The number of alkyl halides is 1. The van der Waals surface area contributed by atoms with Gasteiger partial charge in [-0.2, -0.15) is 0 Å². The number of hydrogen-bond acceptors (Lipinski definition) is 2. The summed E-state index contributed by atoms with van der Waals surface area (Å²) in [5.41, 5.74) is 0. The normalized spacial score (nSPS) is 9.25. The highest BCUT2D eigenvalue weighted by Crippen LogP contribution is 2.06. The van der Waals surface area contributed by atoms with E-state index in [4.69, 9.17) is 23.8 Å². The monoisotopic (exact) mass is 168 g/mol. The minimum Gasteiger partial charge on any atom is -0.126 e. The lowest BCUT2D eigenvalue weighted by molar-refractivity contribution is 1.34. The van der Waals surface area contributed by atoms with Crippen LogP contribution in [0.15, 0.2) is 0 Å². The van der Waals surface area contributed by atoms with Crippen LogP contribution in [0.4, 0.5) is 0 Å². The van der Waals surface area contributed by atoms with Gasteiger partial charge in [0.25, 0.3) is 0 Å². The van der Waals surface area contributed by atoms with Gasteiger partial charge in [-0.25, -0.2) is 0 Å². The molecular weight excluding hydrogens is 160 g/mol. The molecule has 0 N–H and O–H groups in total. The molecule has 0 aliphatic carbocycles. The van der Waals surface area contributed by atoms with Crippen molar-refractivity contribution in [1.82, 2.24) is 0 Å². The van der Waals surface area contributed by atoms with Crippen LogP contribution in [0.2, 0.25) is 0 Å². The number of halogens is 1. The van der Waals surface area contributed by atoms with Crippen LogP contribution in [-0.4, -0.2) is 15.8 Å². The van der Waals surface area contributed by atoms with Crippen molar-refractivity contribution in [2.24, 2.45) is 0 Å². The standard InChI is InChI=1S/C5H9ClS2/c1-2-5(7)8-4-3-6/h2-4H2,1H3. The molecule has 0 radical (unpaired) electrons. The van der Waals surface area contributed by atoms with Gasteiger partial charge in [0.2, 0.25) is 0 Å². The van der Waals surface area contributed by atoms with E-state index in [0.717, 1.165) is 16.4 Å². The van der Waals surface area contributed by atoms with Crippen molar-refractivity contribution >= 4 is 39.8 Å². The molecule has 48 valence electrons. The molecule has 0 saturated heterocycles. The Morgan fingerprint density at radius 3 is 2.75 bits per heavy atom. The Morgan fingerprint density at radius 2 is 2.38 bits per heavy atom. The predicted molar refractivity (Wildman–Crippen MR) is 46.1 cm³/mol. The van der Waals surface area contributed by atoms with E-state index in [-0.39, 0.29) is 0 Å². The Balaban J connectivity index is 2.99. The summed E-state index contributed by atoms with van der Waals surface area (Å²) in [7, 11) is 0. The van der Waals surface area contributed by atoms with Gasteiger partial charge in [-0.05, 0) is 6.42 Å². The Kier molecular flexibility index (Phi) is 6.39. The smallest absolute Gasteiger partial charge is 0.0476 e. The van der Waals surface area contributed by atoms with E-state index < -0.39 is 0 Å². The van der Waals surface area contributed by atoms with Gasteiger partial charge in [0.1, 0.15) is 0 Å². The third kappa shape index (κ3) is 4.88. The predicted octanol–water partition coefficient (Wildman–Crippen LogP) is 2.70. The van der Waals surface area contributed by atoms with E-state index in [2.05, 4.69) is 6.92 Å². The van der Waals surface area contributed by atoms with Gasteiger partial charge in [-0.15, -0.1) is 23.4 Å². The van der Waals surface area contributed by atoms with Crippen LogP contribution in [0.5, 0.6) is 0 Å². The molecule has 3 heteroatoms. The molecule has 0 heterocycles. The quantitative estimate of drug-likeness (QED) is 0.470. The molecule has 0 bridgehead atoms. The van der Waals surface area contributed by atoms with E-state index in [1.54, 1.807) is 11.8 Å². The largest absolute Gasteiger partial charge is 0.126 e. The second kappa shape index (κ2) is 5.86. The van der Waals surface area contributed by atoms with Gasteiger partial charge in [-0.1, -0.05) is 19.1 Å².